The number of nitrogens with zero attached hydrogens (tertiary/aromatic N) is 1. The number of hydrogen-bond donors (Lipinski definition) is 2. The van der Waals surface area contributed by atoms with Crippen LogP contribution in [0.4, 0.5) is 4.79 Å². The smallest absolute Gasteiger partial charge is 0.325 e. The van der Waals surface area contributed by atoms with Gasteiger partial charge in [-0.2, -0.15) is 0 Å². The number of carbonyl (C=O) groups is 3. The van der Waals surface area contributed by atoms with Crippen molar-refractivity contribution >= 4 is 29.4 Å². The zero-order chi connectivity index (χ0) is 18.9. The van der Waals surface area contributed by atoms with Gasteiger partial charge >= 0.3 is 6.03 Å². The molecular weight excluding hydrogens is 354 g/mol. The van der Waals surface area contributed by atoms with Crippen LogP contribution >= 0.6 is 11.6 Å². The lowest BCUT2D eigenvalue weighted by atomic mass is 9.93. The third kappa shape index (κ3) is 3.56. The number of urea groups is 1. The molecule has 2 fully saturated rings. The third-order valence-corrected chi connectivity index (χ3v) is 5.65. The second-order valence-electron chi connectivity index (χ2n) is 7.04. The van der Waals surface area contributed by atoms with Gasteiger partial charge in [-0.15, -0.1) is 0 Å². The first-order valence-corrected chi connectivity index (χ1v) is 9.47. The van der Waals surface area contributed by atoms with Gasteiger partial charge in [0.25, 0.3) is 5.91 Å². The molecule has 1 aromatic carbocycles. The number of rotatable bonds is 7. The molecule has 1 atom stereocenters. The molecule has 0 spiro atoms. The Morgan fingerprint density at radius 3 is 2.38 bits per heavy atom. The van der Waals surface area contributed by atoms with E-state index in [0.29, 0.717) is 23.8 Å². The molecule has 2 N–H and O–H groups in total. The number of imide groups is 1. The molecule has 4 amide bonds. The Hall–Kier alpha value is -2.08. The molecule has 26 heavy (non-hydrogen) atoms. The molecule has 1 saturated heterocycles. The average molecular weight is 378 g/mol. The molecule has 1 unspecified atom stereocenters. The lowest BCUT2D eigenvalue weighted by Gasteiger charge is -2.23. The minimum absolute atomic E-state index is 0.123. The number of hydrogen-bond acceptors (Lipinski definition) is 3. The lowest BCUT2D eigenvalue weighted by molar-refractivity contribution is -0.135. The first-order valence-electron chi connectivity index (χ1n) is 9.09. The largest absolute Gasteiger partial charge is 0.347 e. The normalized spacial score (nSPS) is 20.0. The zero-order valence-electron chi connectivity index (χ0n) is 15.0. The Bertz CT molecular complexity index is 711. The second-order valence-corrected chi connectivity index (χ2v) is 7.48. The van der Waals surface area contributed by atoms with Gasteiger partial charge in [0.05, 0.1) is 6.04 Å². The number of amides is 4. The molecule has 0 bridgehead atoms. The van der Waals surface area contributed by atoms with E-state index in [1.165, 1.54) is 0 Å². The van der Waals surface area contributed by atoms with Gasteiger partial charge in [-0.25, -0.2) is 4.79 Å². The predicted octanol–water partition coefficient (Wildman–Crippen LogP) is 3.02. The zero-order valence-corrected chi connectivity index (χ0v) is 15.8. The van der Waals surface area contributed by atoms with Crippen molar-refractivity contribution in [3.63, 3.8) is 0 Å². The van der Waals surface area contributed by atoms with Crippen LogP contribution in [0.1, 0.15) is 51.1 Å². The standard InChI is InChI=1S/C19H24ClN3O3/c1-3-19(4-2)17(25)23(18(26)22-19)11-15(24)21-16(12-5-6-12)13-7-9-14(20)10-8-13/h7-10,12,16H,3-6,11H2,1-2H3,(H,21,24)(H,22,26). The van der Waals surface area contributed by atoms with E-state index in [9.17, 15) is 14.4 Å². The van der Waals surface area contributed by atoms with Gasteiger partial charge in [-0.1, -0.05) is 37.6 Å². The predicted molar refractivity (Wildman–Crippen MR) is 98.6 cm³/mol. The Labute approximate surface area is 158 Å². The van der Waals surface area contributed by atoms with E-state index in [1.807, 2.05) is 26.0 Å². The van der Waals surface area contributed by atoms with Crippen LogP contribution in [0, 0.1) is 5.92 Å². The Kier molecular flexibility index (Phi) is 5.23. The van der Waals surface area contributed by atoms with Gasteiger partial charge < -0.3 is 10.6 Å². The van der Waals surface area contributed by atoms with E-state index in [1.54, 1.807) is 12.1 Å². The molecule has 7 heteroatoms. The van der Waals surface area contributed by atoms with E-state index in [4.69, 9.17) is 11.6 Å². The molecule has 0 aromatic heterocycles. The maximum atomic E-state index is 12.6. The lowest BCUT2D eigenvalue weighted by Crippen LogP contribution is -2.47. The first-order chi connectivity index (χ1) is 12.4. The van der Waals surface area contributed by atoms with Crippen molar-refractivity contribution in [2.24, 2.45) is 5.92 Å². The summed E-state index contributed by atoms with van der Waals surface area (Å²) in [4.78, 5) is 38.4. The van der Waals surface area contributed by atoms with Crippen molar-refractivity contribution in [3.05, 3.63) is 34.9 Å². The molecule has 140 valence electrons. The van der Waals surface area contributed by atoms with E-state index in [0.717, 1.165) is 23.3 Å². The average Bonchev–Trinajstić information content (AvgIpc) is 3.44. The van der Waals surface area contributed by atoms with E-state index >= 15 is 0 Å². The SMILES string of the molecule is CCC1(CC)NC(=O)N(CC(=O)NC(c2ccc(Cl)cc2)C2CC2)C1=O. The molecular formula is C19H24ClN3O3. The van der Waals surface area contributed by atoms with Crippen LogP contribution in [0.5, 0.6) is 0 Å². The highest BCUT2D eigenvalue weighted by Crippen LogP contribution is 2.41. The summed E-state index contributed by atoms with van der Waals surface area (Å²) in [7, 11) is 0. The summed E-state index contributed by atoms with van der Waals surface area (Å²) >= 11 is 5.94. The fraction of sp³-hybridized carbons (Fsp3) is 0.526. The Morgan fingerprint density at radius 1 is 1.27 bits per heavy atom. The fourth-order valence-corrected chi connectivity index (χ4v) is 3.61. The number of benzene rings is 1. The quantitative estimate of drug-likeness (QED) is 0.717. The van der Waals surface area contributed by atoms with E-state index in [2.05, 4.69) is 10.6 Å². The van der Waals surface area contributed by atoms with Crippen molar-refractivity contribution < 1.29 is 14.4 Å². The molecule has 2 aliphatic rings. The van der Waals surface area contributed by atoms with Gasteiger partial charge in [0, 0.05) is 5.02 Å². The summed E-state index contributed by atoms with van der Waals surface area (Å²) in [5.41, 5.74) is 0.0996. The van der Waals surface area contributed by atoms with Gasteiger partial charge in [-0.3, -0.25) is 14.5 Å². The number of halogens is 1. The van der Waals surface area contributed by atoms with Crippen molar-refractivity contribution in [2.45, 2.75) is 51.1 Å². The van der Waals surface area contributed by atoms with Crippen molar-refractivity contribution in [1.82, 2.24) is 15.5 Å². The number of nitrogens with one attached hydrogen (secondary N) is 2. The van der Waals surface area contributed by atoms with Crippen molar-refractivity contribution in [2.75, 3.05) is 6.54 Å². The fourth-order valence-electron chi connectivity index (χ4n) is 3.48. The maximum absolute atomic E-state index is 12.6. The summed E-state index contributed by atoms with van der Waals surface area (Å²) in [6, 6.07) is 6.78. The molecule has 0 radical (unpaired) electrons. The Balaban J connectivity index is 1.68. The Morgan fingerprint density at radius 2 is 1.88 bits per heavy atom. The summed E-state index contributed by atoms with van der Waals surface area (Å²) in [5, 5.41) is 6.37. The first kappa shape index (κ1) is 18.7. The van der Waals surface area contributed by atoms with E-state index in [-0.39, 0.29) is 24.4 Å². The van der Waals surface area contributed by atoms with Crippen LogP contribution < -0.4 is 10.6 Å². The van der Waals surface area contributed by atoms with Gasteiger partial charge in [0.15, 0.2) is 0 Å². The monoisotopic (exact) mass is 377 g/mol. The minimum Gasteiger partial charge on any atom is -0.347 e. The second kappa shape index (κ2) is 7.27. The molecule has 1 saturated carbocycles. The summed E-state index contributed by atoms with van der Waals surface area (Å²) in [6.07, 6.45) is 3.10. The van der Waals surface area contributed by atoms with Crippen molar-refractivity contribution in [3.8, 4) is 0 Å². The molecule has 1 heterocycles. The van der Waals surface area contributed by atoms with Crippen LogP contribution in [0.25, 0.3) is 0 Å². The van der Waals surface area contributed by atoms with Gasteiger partial charge in [0.2, 0.25) is 5.91 Å². The molecule has 3 rings (SSSR count). The molecule has 1 aromatic rings. The van der Waals surface area contributed by atoms with Gasteiger partial charge in [-0.05, 0) is 49.3 Å². The maximum Gasteiger partial charge on any atom is 0.325 e. The van der Waals surface area contributed by atoms with Gasteiger partial charge in [0.1, 0.15) is 12.1 Å². The molecule has 6 nitrogen and oxygen atoms in total. The van der Waals surface area contributed by atoms with Crippen LogP contribution in [0.3, 0.4) is 0 Å². The molecule has 1 aliphatic carbocycles. The summed E-state index contributed by atoms with van der Waals surface area (Å²) in [5.74, 6) is -0.269. The highest BCUT2D eigenvalue weighted by Gasteiger charge is 2.49. The third-order valence-electron chi connectivity index (χ3n) is 5.39. The van der Waals surface area contributed by atoms with Crippen LogP contribution in [0.15, 0.2) is 24.3 Å². The highest BCUT2D eigenvalue weighted by atomic mass is 35.5. The van der Waals surface area contributed by atoms with E-state index < -0.39 is 11.6 Å². The number of carbonyl (C=O) groups excluding carboxylic acids is 3. The van der Waals surface area contributed by atoms with Crippen LogP contribution in [0.2, 0.25) is 5.02 Å². The minimum atomic E-state index is -0.885. The summed E-state index contributed by atoms with van der Waals surface area (Å²) in [6.45, 7) is 3.45. The van der Waals surface area contributed by atoms with Crippen LogP contribution in [-0.4, -0.2) is 34.8 Å². The highest BCUT2D eigenvalue weighted by molar-refractivity contribution is 6.30. The topological polar surface area (TPSA) is 78.5 Å². The molecule has 1 aliphatic heterocycles. The van der Waals surface area contributed by atoms with Crippen LogP contribution in [-0.2, 0) is 9.59 Å². The summed E-state index contributed by atoms with van der Waals surface area (Å²) < 4.78 is 0. The van der Waals surface area contributed by atoms with Crippen molar-refractivity contribution in [1.29, 1.82) is 0 Å².